The minimum atomic E-state index is -1.10. The maximum absolute atomic E-state index is 12.4. The highest BCUT2D eigenvalue weighted by Crippen LogP contribution is 2.35. The summed E-state index contributed by atoms with van der Waals surface area (Å²) < 4.78 is 19.8. The van der Waals surface area contributed by atoms with Gasteiger partial charge in [0.05, 0.1) is 31.5 Å². The summed E-state index contributed by atoms with van der Waals surface area (Å²) >= 11 is 2.30. The first-order chi connectivity index (χ1) is 20.1. The third-order valence-electron chi connectivity index (χ3n) is 6.64. The van der Waals surface area contributed by atoms with Crippen molar-refractivity contribution < 1.29 is 28.9 Å². The van der Waals surface area contributed by atoms with E-state index >= 15 is 0 Å². The minimum Gasteiger partial charge on any atom is -0.490 e. The molecular formula is C30H34IN5O6. The van der Waals surface area contributed by atoms with Crippen molar-refractivity contribution in [2.24, 2.45) is 5.10 Å². The molecule has 222 valence electrons. The van der Waals surface area contributed by atoms with Crippen LogP contribution >= 0.6 is 22.6 Å². The third kappa shape index (κ3) is 7.05. The van der Waals surface area contributed by atoms with Crippen molar-refractivity contribution in [1.29, 1.82) is 0 Å². The number of aryl methyl sites for hydroxylation is 1. The van der Waals surface area contributed by atoms with E-state index in [0.717, 1.165) is 26.2 Å². The molecule has 1 aromatic heterocycles. The lowest BCUT2D eigenvalue weighted by Gasteiger charge is -2.28. The van der Waals surface area contributed by atoms with E-state index in [1.54, 1.807) is 31.3 Å². The van der Waals surface area contributed by atoms with Gasteiger partial charge < -0.3 is 34.5 Å². The zero-order valence-electron chi connectivity index (χ0n) is 24.0. The Morgan fingerprint density at radius 2 is 1.95 bits per heavy atom. The number of allylic oxidation sites excluding steroid dienone is 1. The van der Waals surface area contributed by atoms with Crippen molar-refractivity contribution >= 4 is 40.8 Å². The summed E-state index contributed by atoms with van der Waals surface area (Å²) in [6.07, 6.45) is 0.563. The lowest BCUT2D eigenvalue weighted by atomic mass is 9.95. The number of aromatic nitrogens is 1. The molecule has 0 saturated heterocycles. The quantitative estimate of drug-likeness (QED) is 0.0780. The van der Waals surface area contributed by atoms with E-state index in [9.17, 15) is 14.7 Å². The minimum absolute atomic E-state index is 0.116. The Bertz CT molecular complexity index is 1530. The number of carbonyl (C=O) groups is 2. The Morgan fingerprint density at radius 1 is 1.17 bits per heavy atom. The van der Waals surface area contributed by atoms with Crippen LogP contribution in [0.5, 0.6) is 11.5 Å². The Balaban J connectivity index is 1.43. The number of hydrogen-bond donors (Lipinski definition) is 4. The molecule has 0 radical (unpaired) electrons. The Kier molecular flexibility index (Phi) is 10.1. The number of methoxy groups -OCH3 is 1. The monoisotopic (exact) mass is 687 g/mol. The van der Waals surface area contributed by atoms with Crippen molar-refractivity contribution in [3.63, 3.8) is 0 Å². The van der Waals surface area contributed by atoms with Crippen LogP contribution in [0.15, 0.2) is 64.9 Å². The smallest absolute Gasteiger partial charge is 0.337 e. The van der Waals surface area contributed by atoms with Crippen LogP contribution in [0, 0.1) is 17.4 Å². The average Bonchev–Trinajstić information content (AvgIpc) is 3.24. The highest BCUT2D eigenvalue weighted by Gasteiger charge is 2.32. The van der Waals surface area contributed by atoms with Gasteiger partial charge >= 0.3 is 12.0 Å². The number of benzene rings is 2. The molecule has 11 nitrogen and oxygen atoms in total. The summed E-state index contributed by atoms with van der Waals surface area (Å²) in [6.45, 7) is 7.75. The Hall–Kier alpha value is -4.04. The molecular weight excluding hydrogens is 653 g/mol. The number of aliphatic hydroxyl groups is 1. The second-order valence-electron chi connectivity index (χ2n) is 9.56. The standard InChI is InChI=1S/C30H34IN5O6/c1-6-41-25-13-20(28-27(29(38)40-5)18(3)33-30(39)34-28)10-11-24(25)42-16-26(37)35-32-15-21-12-17(2)36(19(21)4)23-9-7-8-22(31)14-23/h7-15,26,28,35,37H,6,16H2,1-5H3,(H2,33,34,39)/b32-15-/t26-,28-/m0/s1. The molecule has 1 aliphatic heterocycles. The van der Waals surface area contributed by atoms with Gasteiger partial charge in [-0.15, -0.1) is 0 Å². The molecule has 0 saturated carbocycles. The number of esters is 1. The van der Waals surface area contributed by atoms with E-state index in [1.807, 2.05) is 39.0 Å². The van der Waals surface area contributed by atoms with Crippen LogP contribution in [0.1, 0.15) is 42.4 Å². The number of nitrogens with zero attached hydrogens (tertiary/aromatic N) is 2. The number of hydrogen-bond acceptors (Lipinski definition) is 8. The van der Waals surface area contributed by atoms with Gasteiger partial charge in [0.15, 0.2) is 17.7 Å². The SMILES string of the molecule is CCOc1cc([C@@H]2NC(=O)NC(C)=C2C(=O)OC)ccc1OC[C@H](O)N/N=C\c1cc(C)n(-c2cccc(I)c2)c1C. The van der Waals surface area contributed by atoms with Gasteiger partial charge in [0.2, 0.25) is 0 Å². The number of ether oxygens (including phenoxy) is 3. The largest absolute Gasteiger partial charge is 0.490 e. The molecule has 2 atom stereocenters. The van der Waals surface area contributed by atoms with Gasteiger partial charge in [-0.2, -0.15) is 5.10 Å². The summed E-state index contributed by atoms with van der Waals surface area (Å²) in [5.41, 5.74) is 8.07. The molecule has 2 aromatic carbocycles. The van der Waals surface area contributed by atoms with Crippen LogP contribution in [0.2, 0.25) is 0 Å². The average molecular weight is 688 g/mol. The number of urea groups is 1. The van der Waals surface area contributed by atoms with E-state index in [-0.39, 0.29) is 12.2 Å². The van der Waals surface area contributed by atoms with Gasteiger partial charge in [0, 0.05) is 31.9 Å². The first-order valence-electron chi connectivity index (χ1n) is 13.3. The maximum atomic E-state index is 12.4. The molecule has 3 aromatic rings. The zero-order chi connectivity index (χ0) is 30.4. The molecule has 12 heteroatoms. The van der Waals surface area contributed by atoms with Crippen LogP contribution in [0.3, 0.4) is 0 Å². The number of hydrazone groups is 1. The van der Waals surface area contributed by atoms with Crippen LogP contribution < -0.4 is 25.5 Å². The highest BCUT2D eigenvalue weighted by atomic mass is 127. The molecule has 4 N–H and O–H groups in total. The fourth-order valence-electron chi connectivity index (χ4n) is 4.75. The fraction of sp³-hybridized carbons (Fsp3) is 0.300. The summed E-state index contributed by atoms with van der Waals surface area (Å²) in [5, 5.41) is 20.0. The highest BCUT2D eigenvalue weighted by molar-refractivity contribution is 14.1. The number of halogens is 1. The molecule has 0 bridgehead atoms. The second-order valence-corrected chi connectivity index (χ2v) is 10.8. The fourth-order valence-corrected chi connectivity index (χ4v) is 5.27. The van der Waals surface area contributed by atoms with Crippen molar-refractivity contribution in [3.8, 4) is 17.2 Å². The first-order valence-corrected chi connectivity index (χ1v) is 14.4. The maximum Gasteiger partial charge on any atom is 0.337 e. The molecule has 4 rings (SSSR count). The van der Waals surface area contributed by atoms with Crippen molar-refractivity contribution in [1.82, 2.24) is 20.6 Å². The van der Waals surface area contributed by atoms with Gasteiger partial charge in [-0.05, 0) is 92.2 Å². The second kappa shape index (κ2) is 13.7. The molecule has 1 aliphatic rings. The van der Waals surface area contributed by atoms with Crippen LogP contribution in [-0.4, -0.2) is 54.4 Å². The van der Waals surface area contributed by atoms with Crippen molar-refractivity contribution in [2.75, 3.05) is 20.3 Å². The summed E-state index contributed by atoms with van der Waals surface area (Å²) in [6, 6.07) is 14.2. The third-order valence-corrected chi connectivity index (χ3v) is 7.31. The van der Waals surface area contributed by atoms with Crippen LogP contribution in [0.4, 0.5) is 4.79 Å². The molecule has 42 heavy (non-hydrogen) atoms. The van der Waals surface area contributed by atoms with Gasteiger partial charge in [-0.3, -0.25) is 5.43 Å². The predicted octanol–water partition coefficient (Wildman–Crippen LogP) is 4.22. The molecule has 0 aliphatic carbocycles. The van der Waals surface area contributed by atoms with Gasteiger partial charge in [0.25, 0.3) is 0 Å². The van der Waals surface area contributed by atoms with Crippen molar-refractivity contribution in [3.05, 3.63) is 85.9 Å². The normalized spacial score (nSPS) is 15.7. The number of aliphatic hydroxyl groups excluding tert-OH is 1. The summed E-state index contributed by atoms with van der Waals surface area (Å²) in [4.78, 5) is 24.6. The zero-order valence-corrected chi connectivity index (χ0v) is 26.2. The molecule has 0 spiro atoms. The van der Waals surface area contributed by atoms with E-state index in [0.29, 0.717) is 29.4 Å². The van der Waals surface area contributed by atoms with Crippen LogP contribution in [0.25, 0.3) is 5.69 Å². The van der Waals surface area contributed by atoms with E-state index in [2.05, 4.69) is 60.5 Å². The Morgan fingerprint density at radius 3 is 2.67 bits per heavy atom. The lowest BCUT2D eigenvalue weighted by molar-refractivity contribution is -0.136. The van der Waals surface area contributed by atoms with Crippen molar-refractivity contribution in [2.45, 2.75) is 40.0 Å². The summed E-state index contributed by atoms with van der Waals surface area (Å²) in [5.74, 6) is 0.213. The molecule has 0 unspecified atom stereocenters. The van der Waals surface area contributed by atoms with E-state index < -0.39 is 24.3 Å². The number of rotatable bonds is 11. The number of carbonyl (C=O) groups excluding carboxylic acids is 2. The molecule has 0 fully saturated rings. The van der Waals surface area contributed by atoms with Gasteiger partial charge in [0.1, 0.15) is 6.61 Å². The first kappa shape index (κ1) is 30.9. The number of nitrogens with one attached hydrogen (secondary N) is 3. The van der Waals surface area contributed by atoms with E-state index in [4.69, 9.17) is 14.2 Å². The van der Waals surface area contributed by atoms with Crippen LogP contribution in [-0.2, 0) is 9.53 Å². The van der Waals surface area contributed by atoms with Gasteiger partial charge in [-0.25, -0.2) is 9.59 Å². The van der Waals surface area contributed by atoms with Gasteiger partial charge in [-0.1, -0.05) is 12.1 Å². The summed E-state index contributed by atoms with van der Waals surface area (Å²) in [7, 11) is 1.28. The number of amides is 2. The topological polar surface area (TPSA) is 135 Å². The molecule has 2 heterocycles. The predicted molar refractivity (Wildman–Crippen MR) is 167 cm³/mol. The lowest BCUT2D eigenvalue weighted by Crippen LogP contribution is -2.45. The Labute approximate surface area is 258 Å². The van der Waals surface area contributed by atoms with E-state index in [1.165, 1.54) is 7.11 Å². The molecule has 2 amide bonds.